The molecule has 0 aliphatic carbocycles. The van der Waals surface area contributed by atoms with Gasteiger partial charge >= 0.3 is 0 Å². The van der Waals surface area contributed by atoms with Gasteiger partial charge in [0, 0.05) is 13.6 Å². The summed E-state index contributed by atoms with van der Waals surface area (Å²) in [5.41, 5.74) is 1.73. The van der Waals surface area contributed by atoms with Crippen molar-refractivity contribution in [2.75, 3.05) is 11.9 Å². The van der Waals surface area contributed by atoms with Gasteiger partial charge in [0.15, 0.2) is 5.65 Å². The number of rotatable bonds is 3. The Bertz CT molecular complexity index is 692. The van der Waals surface area contributed by atoms with Crippen LogP contribution in [0.5, 0.6) is 0 Å². The van der Waals surface area contributed by atoms with Crippen LogP contribution in [0.25, 0.3) is 5.65 Å². The van der Waals surface area contributed by atoms with E-state index in [2.05, 4.69) is 15.3 Å². The van der Waals surface area contributed by atoms with Crippen molar-refractivity contribution in [1.82, 2.24) is 19.8 Å². The Morgan fingerprint density at radius 2 is 1.95 bits per heavy atom. The van der Waals surface area contributed by atoms with Gasteiger partial charge in [0.1, 0.15) is 18.0 Å². The van der Waals surface area contributed by atoms with Crippen LogP contribution in [-0.4, -0.2) is 26.9 Å². The number of halogens is 1. The number of aromatic nitrogens is 4. The summed E-state index contributed by atoms with van der Waals surface area (Å²) in [6, 6.07) is 10.2. The van der Waals surface area contributed by atoms with Crippen LogP contribution in [0.1, 0.15) is 5.56 Å². The second kappa shape index (κ2) is 4.64. The second-order valence-electron chi connectivity index (χ2n) is 4.31. The van der Waals surface area contributed by atoms with Crippen molar-refractivity contribution in [2.45, 2.75) is 6.54 Å². The molecule has 3 aromatic rings. The van der Waals surface area contributed by atoms with E-state index in [0.29, 0.717) is 12.2 Å². The highest BCUT2D eigenvalue weighted by Gasteiger charge is 2.06. The average molecular weight is 257 g/mol. The highest BCUT2D eigenvalue weighted by Crippen LogP contribution is 2.13. The van der Waals surface area contributed by atoms with Gasteiger partial charge in [-0.3, -0.25) is 0 Å². The molecule has 0 saturated heterocycles. The summed E-state index contributed by atoms with van der Waals surface area (Å²) in [6.07, 6.45) is 1.56. The lowest BCUT2D eigenvalue weighted by atomic mass is 10.2. The largest absolute Gasteiger partial charge is 0.354 e. The summed E-state index contributed by atoms with van der Waals surface area (Å²) in [7, 11) is 1.93. The fourth-order valence-electron chi connectivity index (χ4n) is 1.87. The fraction of sp³-hybridized carbons (Fsp3) is 0.154. The standard InChI is InChI=1S/C13H12FN5/c1-18(8-10-2-4-11(14)5-3-10)13-7-6-12-16-15-9-19(12)17-13/h2-7,9H,8H2,1H3. The van der Waals surface area contributed by atoms with Crippen molar-refractivity contribution < 1.29 is 4.39 Å². The summed E-state index contributed by atoms with van der Waals surface area (Å²) in [6.45, 7) is 0.654. The SMILES string of the molecule is CN(Cc1ccc(F)cc1)c1ccc2nncn2n1. The van der Waals surface area contributed by atoms with Crippen molar-refractivity contribution in [1.29, 1.82) is 0 Å². The third-order valence-electron chi connectivity index (χ3n) is 2.87. The van der Waals surface area contributed by atoms with Crippen LogP contribution >= 0.6 is 0 Å². The molecule has 0 aliphatic rings. The molecule has 96 valence electrons. The number of benzene rings is 1. The number of fused-ring (bicyclic) bond motifs is 1. The minimum absolute atomic E-state index is 0.226. The quantitative estimate of drug-likeness (QED) is 0.719. The molecule has 0 aliphatic heterocycles. The number of nitrogens with zero attached hydrogens (tertiary/aromatic N) is 5. The molecule has 3 rings (SSSR count). The zero-order valence-corrected chi connectivity index (χ0v) is 10.4. The predicted molar refractivity (Wildman–Crippen MR) is 69.3 cm³/mol. The molecule has 0 amide bonds. The van der Waals surface area contributed by atoms with Gasteiger partial charge in [0.25, 0.3) is 0 Å². The van der Waals surface area contributed by atoms with Gasteiger partial charge in [-0.1, -0.05) is 12.1 Å². The summed E-state index contributed by atoms with van der Waals surface area (Å²) in [5.74, 6) is 0.576. The van der Waals surface area contributed by atoms with E-state index in [4.69, 9.17) is 0 Å². The van der Waals surface area contributed by atoms with E-state index in [-0.39, 0.29) is 5.82 Å². The maximum absolute atomic E-state index is 12.8. The van der Waals surface area contributed by atoms with E-state index >= 15 is 0 Å². The Morgan fingerprint density at radius 3 is 2.74 bits per heavy atom. The molecule has 1 aromatic carbocycles. The van der Waals surface area contributed by atoms with Gasteiger partial charge in [-0.25, -0.2) is 4.39 Å². The van der Waals surface area contributed by atoms with E-state index in [1.54, 1.807) is 23.0 Å². The van der Waals surface area contributed by atoms with Gasteiger partial charge in [-0.15, -0.1) is 15.3 Å². The maximum atomic E-state index is 12.8. The molecular weight excluding hydrogens is 245 g/mol. The fourth-order valence-corrected chi connectivity index (χ4v) is 1.87. The van der Waals surface area contributed by atoms with Gasteiger partial charge in [-0.2, -0.15) is 4.52 Å². The highest BCUT2D eigenvalue weighted by atomic mass is 19.1. The normalized spacial score (nSPS) is 10.8. The lowest BCUT2D eigenvalue weighted by Gasteiger charge is -2.17. The summed E-state index contributed by atoms with van der Waals surface area (Å²) >= 11 is 0. The maximum Gasteiger partial charge on any atom is 0.177 e. The molecule has 0 atom stereocenters. The molecule has 0 spiro atoms. The minimum Gasteiger partial charge on any atom is -0.354 e. The minimum atomic E-state index is -0.226. The number of hydrogen-bond donors (Lipinski definition) is 0. The first kappa shape index (κ1) is 11.6. The Hall–Kier alpha value is -2.50. The smallest absolute Gasteiger partial charge is 0.177 e. The van der Waals surface area contributed by atoms with Crippen LogP contribution in [0, 0.1) is 5.82 Å². The van der Waals surface area contributed by atoms with E-state index in [9.17, 15) is 4.39 Å². The average Bonchev–Trinajstić information content (AvgIpc) is 2.88. The molecule has 5 nitrogen and oxygen atoms in total. The van der Waals surface area contributed by atoms with Crippen molar-refractivity contribution in [3.8, 4) is 0 Å². The number of hydrogen-bond acceptors (Lipinski definition) is 4. The lowest BCUT2D eigenvalue weighted by Crippen LogP contribution is -2.18. The Kier molecular flexibility index (Phi) is 2.83. The van der Waals surface area contributed by atoms with E-state index in [0.717, 1.165) is 11.4 Å². The predicted octanol–water partition coefficient (Wildman–Crippen LogP) is 1.90. The molecular formula is C13H12FN5. The third kappa shape index (κ3) is 2.37. The Balaban J connectivity index is 1.82. The van der Waals surface area contributed by atoms with Crippen molar-refractivity contribution in [3.63, 3.8) is 0 Å². The molecule has 2 aromatic heterocycles. The van der Waals surface area contributed by atoms with E-state index in [1.807, 2.05) is 24.1 Å². The van der Waals surface area contributed by atoms with Crippen LogP contribution in [0.2, 0.25) is 0 Å². The van der Waals surface area contributed by atoms with Crippen LogP contribution in [0.15, 0.2) is 42.7 Å². The van der Waals surface area contributed by atoms with Crippen molar-refractivity contribution in [3.05, 3.63) is 54.1 Å². The second-order valence-corrected chi connectivity index (χ2v) is 4.31. The summed E-state index contributed by atoms with van der Waals surface area (Å²) < 4.78 is 14.5. The molecule has 0 unspecified atom stereocenters. The zero-order chi connectivity index (χ0) is 13.2. The number of anilines is 1. The molecule has 0 fully saturated rings. The van der Waals surface area contributed by atoms with Gasteiger partial charge in [0.2, 0.25) is 0 Å². The molecule has 0 bridgehead atoms. The van der Waals surface area contributed by atoms with Crippen LogP contribution < -0.4 is 4.90 Å². The molecule has 2 heterocycles. The topological polar surface area (TPSA) is 46.3 Å². The van der Waals surface area contributed by atoms with Gasteiger partial charge in [0.05, 0.1) is 0 Å². The molecule has 0 saturated carbocycles. The molecule has 19 heavy (non-hydrogen) atoms. The monoisotopic (exact) mass is 257 g/mol. The van der Waals surface area contributed by atoms with E-state index in [1.165, 1.54) is 12.1 Å². The Morgan fingerprint density at radius 1 is 1.16 bits per heavy atom. The Labute approximate surface area is 109 Å². The summed E-state index contributed by atoms with van der Waals surface area (Å²) in [4.78, 5) is 1.98. The first-order chi connectivity index (χ1) is 9.22. The van der Waals surface area contributed by atoms with E-state index < -0.39 is 0 Å². The molecule has 0 N–H and O–H groups in total. The first-order valence-corrected chi connectivity index (χ1v) is 5.85. The first-order valence-electron chi connectivity index (χ1n) is 5.85. The van der Waals surface area contributed by atoms with Crippen molar-refractivity contribution >= 4 is 11.5 Å². The highest BCUT2D eigenvalue weighted by molar-refractivity contribution is 5.44. The zero-order valence-electron chi connectivity index (χ0n) is 10.4. The van der Waals surface area contributed by atoms with Crippen LogP contribution in [0.4, 0.5) is 10.2 Å². The lowest BCUT2D eigenvalue weighted by molar-refractivity contribution is 0.627. The van der Waals surface area contributed by atoms with Gasteiger partial charge in [-0.05, 0) is 29.8 Å². The molecule has 0 radical (unpaired) electrons. The van der Waals surface area contributed by atoms with Crippen molar-refractivity contribution in [2.24, 2.45) is 0 Å². The van der Waals surface area contributed by atoms with Crippen LogP contribution in [-0.2, 0) is 6.54 Å². The van der Waals surface area contributed by atoms with Crippen LogP contribution in [0.3, 0.4) is 0 Å². The third-order valence-corrected chi connectivity index (χ3v) is 2.87. The molecule has 6 heteroatoms. The van der Waals surface area contributed by atoms with Gasteiger partial charge < -0.3 is 4.90 Å². The summed E-state index contributed by atoms with van der Waals surface area (Å²) in [5, 5.41) is 12.1.